The summed E-state index contributed by atoms with van der Waals surface area (Å²) in [6.07, 6.45) is -0.452. The van der Waals surface area contributed by atoms with Gasteiger partial charge in [-0.25, -0.2) is 12.7 Å². The normalized spacial score (nSPS) is 15.2. The van der Waals surface area contributed by atoms with Crippen LogP contribution in [0.2, 0.25) is 0 Å². The van der Waals surface area contributed by atoms with Crippen LogP contribution < -0.4 is 0 Å². The van der Waals surface area contributed by atoms with Crippen molar-refractivity contribution in [1.29, 1.82) is 0 Å². The summed E-state index contributed by atoms with van der Waals surface area (Å²) in [5.74, 6) is -1.13. The summed E-state index contributed by atoms with van der Waals surface area (Å²) in [4.78, 5) is 10.7. The van der Waals surface area contributed by atoms with E-state index in [0.29, 0.717) is 5.56 Å². The van der Waals surface area contributed by atoms with E-state index in [0.717, 1.165) is 4.31 Å². The lowest BCUT2D eigenvalue weighted by molar-refractivity contribution is -0.142. The molecule has 0 heterocycles. The molecule has 1 atom stereocenters. The molecule has 2 N–H and O–H groups in total. The Kier molecular flexibility index (Phi) is 4.34. The highest BCUT2D eigenvalue weighted by Gasteiger charge is 2.27. The second kappa shape index (κ2) is 5.28. The molecular weight excluding hydrogens is 270 g/mol. The van der Waals surface area contributed by atoms with Crippen molar-refractivity contribution in [3.05, 3.63) is 29.8 Å². The third-order valence-electron chi connectivity index (χ3n) is 2.75. The number of carbonyl (C=O) groups is 1. The predicted octanol–water partition coefficient (Wildman–Crippen LogP) is 0.619. The molecule has 0 aromatic heterocycles. The fraction of sp³-hybridized carbons (Fsp3) is 0.417. The molecule has 0 aliphatic heterocycles. The van der Waals surface area contributed by atoms with Crippen molar-refractivity contribution in [1.82, 2.24) is 4.31 Å². The zero-order valence-corrected chi connectivity index (χ0v) is 11.8. The first kappa shape index (κ1) is 15.6. The van der Waals surface area contributed by atoms with Crippen LogP contribution in [0.5, 0.6) is 0 Å². The topological polar surface area (TPSA) is 94.9 Å². The van der Waals surface area contributed by atoms with Crippen molar-refractivity contribution < 1.29 is 23.4 Å². The van der Waals surface area contributed by atoms with E-state index in [4.69, 9.17) is 5.11 Å². The van der Waals surface area contributed by atoms with Gasteiger partial charge in [0.2, 0.25) is 10.0 Å². The summed E-state index contributed by atoms with van der Waals surface area (Å²) >= 11 is 0. The molecule has 19 heavy (non-hydrogen) atoms. The quantitative estimate of drug-likeness (QED) is 0.827. The number of sulfonamides is 1. The summed E-state index contributed by atoms with van der Waals surface area (Å²) in [7, 11) is -0.686. The molecule has 0 aliphatic rings. The zero-order chi connectivity index (χ0) is 14.8. The van der Waals surface area contributed by atoms with E-state index >= 15 is 0 Å². The van der Waals surface area contributed by atoms with Gasteiger partial charge in [0.05, 0.1) is 16.9 Å². The molecule has 0 aliphatic carbocycles. The molecule has 0 saturated heterocycles. The number of benzene rings is 1. The van der Waals surface area contributed by atoms with Crippen LogP contribution in [0.4, 0.5) is 0 Å². The van der Waals surface area contributed by atoms with Crippen LogP contribution in [-0.4, -0.2) is 43.0 Å². The first-order valence-electron chi connectivity index (χ1n) is 5.54. The van der Waals surface area contributed by atoms with Gasteiger partial charge in [-0.2, -0.15) is 0 Å². The summed E-state index contributed by atoms with van der Waals surface area (Å²) in [6.45, 7) is 1.37. The Balaban J connectivity index is 3.10. The number of nitrogens with zero attached hydrogens (tertiary/aromatic N) is 1. The Hall–Kier alpha value is -1.44. The van der Waals surface area contributed by atoms with Gasteiger partial charge < -0.3 is 10.2 Å². The fourth-order valence-corrected chi connectivity index (χ4v) is 2.49. The van der Waals surface area contributed by atoms with E-state index in [1.165, 1.54) is 45.3 Å². The zero-order valence-electron chi connectivity index (χ0n) is 11.0. The maximum absolute atomic E-state index is 11.8. The molecule has 1 unspecified atom stereocenters. The molecule has 106 valence electrons. The second-order valence-electron chi connectivity index (χ2n) is 4.66. The van der Waals surface area contributed by atoms with E-state index in [1.54, 1.807) is 0 Å². The van der Waals surface area contributed by atoms with Crippen molar-refractivity contribution in [2.75, 3.05) is 14.1 Å². The highest BCUT2D eigenvalue weighted by Crippen LogP contribution is 2.26. The molecule has 0 saturated carbocycles. The maximum Gasteiger partial charge on any atom is 0.306 e. The van der Waals surface area contributed by atoms with Crippen LogP contribution in [0.25, 0.3) is 0 Å². The molecule has 0 bridgehead atoms. The number of rotatable bonds is 5. The lowest BCUT2D eigenvalue weighted by Gasteiger charge is -2.22. The first-order valence-corrected chi connectivity index (χ1v) is 6.98. The highest BCUT2D eigenvalue weighted by atomic mass is 32.2. The average molecular weight is 287 g/mol. The summed E-state index contributed by atoms with van der Waals surface area (Å²) in [5, 5.41) is 18.7. The Labute approximate surface area is 112 Å². The Morgan fingerprint density at radius 1 is 1.26 bits per heavy atom. The molecular formula is C12H17NO5S. The lowest BCUT2D eigenvalue weighted by atomic mass is 9.93. The van der Waals surface area contributed by atoms with E-state index in [1.807, 2.05) is 0 Å². The Morgan fingerprint density at radius 3 is 2.11 bits per heavy atom. The highest BCUT2D eigenvalue weighted by molar-refractivity contribution is 7.89. The van der Waals surface area contributed by atoms with Gasteiger partial charge in [0.15, 0.2) is 0 Å². The van der Waals surface area contributed by atoms with Gasteiger partial charge in [-0.3, -0.25) is 4.79 Å². The summed E-state index contributed by atoms with van der Waals surface area (Å²) in [5.41, 5.74) is -1.18. The van der Waals surface area contributed by atoms with E-state index < -0.39 is 28.0 Å². The maximum atomic E-state index is 11.8. The third kappa shape index (κ3) is 3.52. The molecule has 7 heteroatoms. The summed E-state index contributed by atoms with van der Waals surface area (Å²) < 4.78 is 24.8. The molecule has 0 radical (unpaired) electrons. The average Bonchev–Trinajstić information content (AvgIpc) is 2.27. The molecule has 1 rings (SSSR count). The Bertz CT molecular complexity index is 560. The lowest BCUT2D eigenvalue weighted by Crippen LogP contribution is -2.25. The molecule has 6 nitrogen and oxygen atoms in total. The number of hydrogen-bond donors (Lipinski definition) is 2. The van der Waals surface area contributed by atoms with Crippen molar-refractivity contribution in [2.24, 2.45) is 0 Å². The van der Waals surface area contributed by atoms with Gasteiger partial charge >= 0.3 is 5.97 Å². The van der Waals surface area contributed by atoms with Crippen LogP contribution >= 0.6 is 0 Å². The standard InChI is InChI=1S/C12H17NO5S/c1-12(16,8-11(14)15)9-4-6-10(7-5-9)19(17,18)13(2)3/h4-7,16H,8H2,1-3H3,(H,14,15). The molecule has 0 fully saturated rings. The van der Waals surface area contributed by atoms with Crippen molar-refractivity contribution >= 4 is 16.0 Å². The minimum absolute atomic E-state index is 0.0902. The second-order valence-corrected chi connectivity index (χ2v) is 6.81. The van der Waals surface area contributed by atoms with Gasteiger partial charge in [0, 0.05) is 14.1 Å². The molecule has 0 spiro atoms. The number of carboxylic acid groups (broad SMARTS) is 1. The monoisotopic (exact) mass is 287 g/mol. The van der Waals surface area contributed by atoms with Gasteiger partial charge in [-0.05, 0) is 24.6 Å². The molecule has 0 amide bonds. The third-order valence-corrected chi connectivity index (χ3v) is 4.58. The summed E-state index contributed by atoms with van der Waals surface area (Å²) in [6, 6.07) is 5.53. The number of hydrogen-bond acceptors (Lipinski definition) is 4. The van der Waals surface area contributed by atoms with Crippen LogP contribution in [0, 0.1) is 0 Å². The van der Waals surface area contributed by atoms with Gasteiger partial charge in [-0.1, -0.05) is 12.1 Å². The van der Waals surface area contributed by atoms with Crippen LogP contribution in [0.3, 0.4) is 0 Å². The molecule has 1 aromatic rings. The van der Waals surface area contributed by atoms with E-state index in [9.17, 15) is 18.3 Å². The largest absolute Gasteiger partial charge is 0.481 e. The van der Waals surface area contributed by atoms with Crippen LogP contribution in [0.1, 0.15) is 18.9 Å². The van der Waals surface area contributed by atoms with Crippen LogP contribution in [0.15, 0.2) is 29.2 Å². The first-order chi connectivity index (χ1) is 8.57. The SMILES string of the molecule is CN(C)S(=O)(=O)c1ccc(C(C)(O)CC(=O)O)cc1. The minimum Gasteiger partial charge on any atom is -0.481 e. The van der Waals surface area contributed by atoms with Gasteiger partial charge in [-0.15, -0.1) is 0 Å². The van der Waals surface area contributed by atoms with Gasteiger partial charge in [0.1, 0.15) is 0 Å². The van der Waals surface area contributed by atoms with Crippen molar-refractivity contribution in [3.63, 3.8) is 0 Å². The smallest absolute Gasteiger partial charge is 0.306 e. The fourth-order valence-electron chi connectivity index (χ4n) is 1.59. The van der Waals surface area contributed by atoms with Crippen molar-refractivity contribution in [3.8, 4) is 0 Å². The van der Waals surface area contributed by atoms with E-state index in [2.05, 4.69) is 0 Å². The molecule has 1 aromatic carbocycles. The van der Waals surface area contributed by atoms with Gasteiger partial charge in [0.25, 0.3) is 0 Å². The Morgan fingerprint density at radius 2 is 1.74 bits per heavy atom. The van der Waals surface area contributed by atoms with Crippen molar-refractivity contribution in [2.45, 2.75) is 23.8 Å². The number of aliphatic hydroxyl groups is 1. The van der Waals surface area contributed by atoms with E-state index in [-0.39, 0.29) is 4.90 Å². The number of aliphatic carboxylic acids is 1. The minimum atomic E-state index is -3.53. The van der Waals surface area contributed by atoms with Crippen LogP contribution in [-0.2, 0) is 20.4 Å². The number of carboxylic acids is 1. The predicted molar refractivity (Wildman–Crippen MR) is 69.1 cm³/mol.